The van der Waals surface area contributed by atoms with Crippen LogP contribution in [0.4, 0.5) is 21.8 Å². The first-order valence-corrected chi connectivity index (χ1v) is 11.4. The maximum absolute atomic E-state index is 13.6. The summed E-state index contributed by atoms with van der Waals surface area (Å²) in [4.78, 5) is 8.26. The predicted molar refractivity (Wildman–Crippen MR) is 120 cm³/mol. The zero-order valence-corrected chi connectivity index (χ0v) is 18.0. The van der Waals surface area contributed by atoms with Crippen molar-refractivity contribution in [3.8, 4) is 0 Å². The average molecular weight is 474 g/mol. The molecule has 0 saturated carbocycles. The molecule has 5 rings (SSSR count). The number of fused-ring (bicyclic) bond motifs is 2. The van der Waals surface area contributed by atoms with E-state index in [9.17, 15) is 12.8 Å². The second kappa shape index (κ2) is 7.61. The number of hydrogen-bond acceptors (Lipinski definition) is 7. The van der Waals surface area contributed by atoms with E-state index >= 15 is 0 Å². The smallest absolute Gasteiger partial charge is 0.264 e. The number of nitrogen functional groups attached to an aromatic ring is 1. The summed E-state index contributed by atoms with van der Waals surface area (Å²) in [5.74, 6) is -0.173. The van der Waals surface area contributed by atoms with Crippen molar-refractivity contribution >= 4 is 50.1 Å². The Bertz CT molecular complexity index is 1440. The number of rotatable bonds is 4. The Balaban J connectivity index is 1.54. The van der Waals surface area contributed by atoms with Crippen LogP contribution in [0.3, 0.4) is 0 Å². The summed E-state index contributed by atoms with van der Waals surface area (Å²) in [7, 11) is -4.01. The van der Waals surface area contributed by atoms with Crippen molar-refractivity contribution in [3.63, 3.8) is 0 Å². The first-order chi connectivity index (χ1) is 15.3. The highest BCUT2D eigenvalue weighted by molar-refractivity contribution is 7.92. The third kappa shape index (κ3) is 3.49. The molecule has 2 aromatic heterocycles. The van der Waals surface area contributed by atoms with Crippen LogP contribution in [-0.4, -0.2) is 41.2 Å². The normalized spacial score (nSPS) is 16.2. The molecule has 0 spiro atoms. The Morgan fingerprint density at radius 1 is 1.22 bits per heavy atom. The standard InChI is InChI=1S/C20H17ClFN7O2S/c21-15-8-13(5-6-16(15)22)32(30,31)29-10-12(7-11-3-1-2-4-17(11)29)25-18-14-9-24-28-19(14)27-20(23)26-18/h1-6,8-9,12H,7,10H2,(H4,23,24,25,26,27,28). The van der Waals surface area contributed by atoms with E-state index in [2.05, 4.69) is 25.5 Å². The van der Waals surface area contributed by atoms with Gasteiger partial charge in [-0.15, -0.1) is 0 Å². The highest BCUT2D eigenvalue weighted by atomic mass is 35.5. The number of benzene rings is 2. The minimum Gasteiger partial charge on any atom is -0.368 e. The molecule has 1 aliphatic heterocycles. The van der Waals surface area contributed by atoms with Gasteiger partial charge in [0, 0.05) is 0 Å². The number of hydrogen-bond donors (Lipinski definition) is 3. The number of nitrogens with one attached hydrogen (secondary N) is 2. The number of H-pyrrole nitrogens is 1. The van der Waals surface area contributed by atoms with Gasteiger partial charge in [0.05, 0.1) is 39.8 Å². The molecule has 4 N–H and O–H groups in total. The molecule has 3 heterocycles. The van der Waals surface area contributed by atoms with Crippen LogP contribution in [0, 0.1) is 5.82 Å². The molecule has 2 aromatic carbocycles. The molecule has 4 aromatic rings. The van der Waals surface area contributed by atoms with E-state index in [0.717, 1.165) is 17.7 Å². The number of nitrogens with two attached hydrogens (primary N) is 1. The van der Waals surface area contributed by atoms with Gasteiger partial charge in [-0.2, -0.15) is 15.1 Å². The van der Waals surface area contributed by atoms with Crippen LogP contribution in [-0.2, 0) is 16.4 Å². The zero-order valence-electron chi connectivity index (χ0n) is 16.5. The van der Waals surface area contributed by atoms with E-state index in [1.54, 1.807) is 18.3 Å². The topological polar surface area (TPSA) is 130 Å². The van der Waals surface area contributed by atoms with Gasteiger partial charge < -0.3 is 11.1 Å². The highest BCUT2D eigenvalue weighted by Gasteiger charge is 2.34. The Morgan fingerprint density at radius 3 is 2.84 bits per heavy atom. The molecular formula is C20H17ClFN7O2S. The largest absolute Gasteiger partial charge is 0.368 e. The van der Waals surface area contributed by atoms with Crippen molar-refractivity contribution in [1.82, 2.24) is 20.2 Å². The molecule has 32 heavy (non-hydrogen) atoms. The highest BCUT2D eigenvalue weighted by Crippen LogP contribution is 2.34. The van der Waals surface area contributed by atoms with Crippen LogP contribution in [0.25, 0.3) is 11.0 Å². The number of halogens is 2. The van der Waals surface area contributed by atoms with Crippen molar-refractivity contribution < 1.29 is 12.8 Å². The number of aromatic nitrogens is 4. The molecule has 0 fully saturated rings. The van der Waals surface area contributed by atoms with Crippen LogP contribution in [0.2, 0.25) is 5.02 Å². The maximum Gasteiger partial charge on any atom is 0.264 e. The average Bonchev–Trinajstić information content (AvgIpc) is 3.23. The van der Waals surface area contributed by atoms with E-state index in [1.165, 1.54) is 10.4 Å². The van der Waals surface area contributed by atoms with Gasteiger partial charge in [0.1, 0.15) is 11.6 Å². The fourth-order valence-corrected chi connectivity index (χ4v) is 5.62. The zero-order chi connectivity index (χ0) is 22.5. The third-order valence-corrected chi connectivity index (χ3v) is 7.33. The summed E-state index contributed by atoms with van der Waals surface area (Å²) >= 11 is 5.85. The second-order valence-corrected chi connectivity index (χ2v) is 9.62. The Kier molecular flexibility index (Phi) is 4.86. The summed E-state index contributed by atoms with van der Waals surface area (Å²) < 4.78 is 41.9. The minimum atomic E-state index is -4.01. The molecule has 1 aliphatic rings. The van der Waals surface area contributed by atoms with Crippen molar-refractivity contribution in [2.24, 2.45) is 0 Å². The van der Waals surface area contributed by atoms with Gasteiger partial charge in [-0.1, -0.05) is 29.8 Å². The molecule has 164 valence electrons. The molecule has 0 bridgehead atoms. The van der Waals surface area contributed by atoms with Crippen LogP contribution in [0.5, 0.6) is 0 Å². The lowest BCUT2D eigenvalue weighted by atomic mass is 9.99. The predicted octanol–water partition coefficient (Wildman–Crippen LogP) is 2.96. The SMILES string of the molecule is Nc1nc(NC2Cc3ccccc3N(S(=O)(=O)c3ccc(F)c(Cl)c3)C2)c2cn[nH]c2n1. The van der Waals surface area contributed by atoms with Gasteiger partial charge in [0.25, 0.3) is 10.0 Å². The number of para-hydroxylation sites is 1. The van der Waals surface area contributed by atoms with E-state index in [-0.39, 0.29) is 28.5 Å². The van der Waals surface area contributed by atoms with E-state index in [4.69, 9.17) is 17.3 Å². The van der Waals surface area contributed by atoms with Gasteiger partial charge in [-0.05, 0) is 36.2 Å². The quantitative estimate of drug-likeness (QED) is 0.415. The van der Waals surface area contributed by atoms with Crippen molar-refractivity contribution in [2.75, 3.05) is 21.9 Å². The van der Waals surface area contributed by atoms with Gasteiger partial charge in [-0.25, -0.2) is 12.8 Å². The number of nitrogens with zero attached hydrogens (tertiary/aromatic N) is 4. The van der Waals surface area contributed by atoms with Gasteiger partial charge in [0.15, 0.2) is 5.65 Å². The Morgan fingerprint density at radius 2 is 2.03 bits per heavy atom. The number of anilines is 3. The van der Waals surface area contributed by atoms with Crippen LogP contribution in [0.1, 0.15) is 5.56 Å². The van der Waals surface area contributed by atoms with Crippen molar-refractivity contribution in [1.29, 1.82) is 0 Å². The number of aromatic amines is 1. The summed E-state index contributed by atoms with van der Waals surface area (Å²) in [6.07, 6.45) is 2.12. The molecule has 1 unspecified atom stereocenters. The fourth-order valence-electron chi connectivity index (χ4n) is 3.80. The second-order valence-electron chi connectivity index (χ2n) is 7.35. The lowest BCUT2D eigenvalue weighted by molar-refractivity contribution is 0.580. The molecule has 1 atom stereocenters. The first kappa shape index (κ1) is 20.5. The fraction of sp³-hybridized carbons (Fsp3) is 0.150. The molecule has 0 amide bonds. The van der Waals surface area contributed by atoms with E-state index in [0.29, 0.717) is 29.0 Å². The minimum absolute atomic E-state index is 0.0610. The molecule has 0 saturated heterocycles. The monoisotopic (exact) mass is 473 g/mol. The lowest BCUT2D eigenvalue weighted by Crippen LogP contribution is -2.45. The van der Waals surface area contributed by atoms with E-state index in [1.807, 2.05) is 12.1 Å². The lowest BCUT2D eigenvalue weighted by Gasteiger charge is -2.35. The van der Waals surface area contributed by atoms with Crippen molar-refractivity contribution in [2.45, 2.75) is 17.4 Å². The van der Waals surface area contributed by atoms with Crippen molar-refractivity contribution in [3.05, 3.63) is 65.1 Å². The van der Waals surface area contributed by atoms with Crippen LogP contribution in [0.15, 0.2) is 53.6 Å². The first-order valence-electron chi connectivity index (χ1n) is 9.62. The molecular weight excluding hydrogens is 457 g/mol. The summed E-state index contributed by atoms with van der Waals surface area (Å²) in [5, 5.41) is 10.4. The molecule has 12 heteroatoms. The summed E-state index contributed by atoms with van der Waals surface area (Å²) in [6, 6.07) is 10.3. The molecule has 0 aliphatic carbocycles. The van der Waals surface area contributed by atoms with Crippen LogP contribution >= 0.6 is 11.6 Å². The third-order valence-electron chi connectivity index (χ3n) is 5.26. The summed E-state index contributed by atoms with van der Waals surface area (Å²) in [6.45, 7) is 0.109. The Labute approximate surface area is 187 Å². The summed E-state index contributed by atoms with van der Waals surface area (Å²) in [5.41, 5.74) is 7.67. The van der Waals surface area contributed by atoms with Gasteiger partial charge in [-0.3, -0.25) is 9.40 Å². The van der Waals surface area contributed by atoms with E-state index < -0.39 is 15.8 Å². The number of sulfonamides is 1. The van der Waals surface area contributed by atoms with Crippen LogP contribution < -0.4 is 15.4 Å². The van der Waals surface area contributed by atoms with Gasteiger partial charge in [0.2, 0.25) is 5.95 Å². The molecule has 0 radical (unpaired) electrons. The van der Waals surface area contributed by atoms with Gasteiger partial charge >= 0.3 is 0 Å². The maximum atomic E-state index is 13.6. The molecule has 9 nitrogen and oxygen atoms in total. The Hall–Kier alpha value is -3.44.